The lowest BCUT2D eigenvalue weighted by atomic mass is 10.0. The molecule has 0 aliphatic carbocycles. The summed E-state index contributed by atoms with van der Waals surface area (Å²) in [4.78, 5) is 2.22. The largest absolute Gasteiger partial charge is 0.374 e. The molecule has 134 valence electrons. The van der Waals surface area contributed by atoms with Crippen LogP contribution in [0.3, 0.4) is 0 Å². The van der Waals surface area contributed by atoms with Gasteiger partial charge >= 0.3 is 0 Å². The van der Waals surface area contributed by atoms with Crippen molar-refractivity contribution in [2.45, 2.75) is 26.8 Å². The van der Waals surface area contributed by atoms with Gasteiger partial charge in [-0.2, -0.15) is 0 Å². The maximum atomic E-state index is 4.27. The summed E-state index contributed by atoms with van der Waals surface area (Å²) >= 11 is 0. The summed E-state index contributed by atoms with van der Waals surface area (Å²) in [6.45, 7) is 13.4. The summed E-state index contributed by atoms with van der Waals surface area (Å²) in [5.74, 6) is 0. The molecule has 0 saturated carbocycles. The van der Waals surface area contributed by atoms with E-state index in [-0.39, 0.29) is 0 Å². The minimum Gasteiger partial charge on any atom is -0.374 e. The lowest BCUT2D eigenvalue weighted by Crippen LogP contribution is -2.18. The molecule has 2 aromatic carbocycles. The van der Waals surface area contributed by atoms with E-state index in [1.807, 2.05) is 31.2 Å². The van der Waals surface area contributed by atoms with E-state index in [4.69, 9.17) is 0 Å². The van der Waals surface area contributed by atoms with E-state index in [0.29, 0.717) is 0 Å². The fourth-order valence-electron chi connectivity index (χ4n) is 2.78. The van der Waals surface area contributed by atoms with Crippen LogP contribution in [0.15, 0.2) is 91.7 Å². The van der Waals surface area contributed by atoms with Crippen molar-refractivity contribution in [1.29, 1.82) is 0 Å². The van der Waals surface area contributed by atoms with E-state index in [0.717, 1.165) is 29.8 Å². The van der Waals surface area contributed by atoms with Crippen LogP contribution in [0.25, 0.3) is 5.57 Å². The molecule has 1 heteroatoms. The summed E-state index contributed by atoms with van der Waals surface area (Å²) in [5, 5.41) is 0. The Kier molecular flexibility index (Phi) is 7.23. The molecule has 0 fully saturated rings. The highest BCUT2D eigenvalue weighted by atomic mass is 15.1. The number of likely N-dealkylation sites (N-methyl/N-ethyl adjacent to an activating group) is 1. The Morgan fingerprint density at radius 1 is 1.00 bits per heavy atom. The van der Waals surface area contributed by atoms with Gasteiger partial charge in [0.2, 0.25) is 0 Å². The molecule has 0 bridgehead atoms. The van der Waals surface area contributed by atoms with Gasteiger partial charge < -0.3 is 4.90 Å². The van der Waals surface area contributed by atoms with Crippen LogP contribution in [0.4, 0.5) is 0 Å². The maximum absolute atomic E-state index is 4.27. The third kappa shape index (κ3) is 5.93. The number of benzene rings is 2. The van der Waals surface area contributed by atoms with Crippen molar-refractivity contribution in [3.8, 4) is 0 Å². The Morgan fingerprint density at radius 2 is 1.73 bits per heavy atom. The third-order valence-electron chi connectivity index (χ3n) is 4.38. The van der Waals surface area contributed by atoms with Crippen molar-refractivity contribution >= 4 is 5.57 Å². The van der Waals surface area contributed by atoms with Gasteiger partial charge in [0.05, 0.1) is 0 Å². The number of rotatable bonds is 8. The fourth-order valence-corrected chi connectivity index (χ4v) is 2.78. The van der Waals surface area contributed by atoms with Gasteiger partial charge in [-0.25, -0.2) is 0 Å². The number of hydrogen-bond acceptors (Lipinski definition) is 1. The van der Waals surface area contributed by atoms with Crippen LogP contribution < -0.4 is 0 Å². The highest BCUT2D eigenvalue weighted by molar-refractivity contribution is 5.72. The summed E-state index contributed by atoms with van der Waals surface area (Å²) in [6.07, 6.45) is 8.91. The zero-order chi connectivity index (χ0) is 18.9. The molecule has 0 radical (unpaired) electrons. The minimum atomic E-state index is 0.851. The Labute approximate surface area is 158 Å². The van der Waals surface area contributed by atoms with Crippen molar-refractivity contribution in [3.05, 3.63) is 114 Å². The second-order valence-corrected chi connectivity index (χ2v) is 6.70. The van der Waals surface area contributed by atoms with Crippen LogP contribution in [0.1, 0.15) is 29.2 Å². The number of nitrogens with zero attached hydrogens (tertiary/aromatic N) is 1. The first-order valence-corrected chi connectivity index (χ1v) is 9.01. The zero-order valence-electron chi connectivity index (χ0n) is 16.2. The fraction of sp³-hybridized carbons (Fsp3) is 0.200. The van der Waals surface area contributed by atoms with Gasteiger partial charge in [-0.15, -0.1) is 0 Å². The van der Waals surface area contributed by atoms with Crippen molar-refractivity contribution in [2.24, 2.45) is 0 Å². The maximum Gasteiger partial charge on any atom is 0.0423 e. The molecule has 0 unspecified atom stereocenters. The van der Waals surface area contributed by atoms with E-state index in [1.165, 1.54) is 16.7 Å². The van der Waals surface area contributed by atoms with Crippen LogP contribution in [-0.2, 0) is 13.0 Å². The van der Waals surface area contributed by atoms with Gasteiger partial charge in [0.15, 0.2) is 0 Å². The second-order valence-electron chi connectivity index (χ2n) is 6.70. The molecule has 1 nitrogen and oxygen atoms in total. The summed E-state index contributed by atoms with van der Waals surface area (Å²) in [5.41, 5.74) is 7.15. The quantitative estimate of drug-likeness (QED) is 0.506. The van der Waals surface area contributed by atoms with Crippen LogP contribution in [0.2, 0.25) is 0 Å². The third-order valence-corrected chi connectivity index (χ3v) is 4.38. The summed E-state index contributed by atoms with van der Waals surface area (Å²) in [6, 6.07) is 17.2. The molecule has 0 aliphatic rings. The zero-order valence-corrected chi connectivity index (χ0v) is 16.2. The molecule has 0 atom stereocenters. The van der Waals surface area contributed by atoms with E-state index < -0.39 is 0 Å². The summed E-state index contributed by atoms with van der Waals surface area (Å²) in [7, 11) is 2.10. The normalized spacial score (nSPS) is 11.2. The Bertz CT molecular complexity index is 806. The first-order chi connectivity index (χ1) is 12.5. The molecule has 0 spiro atoms. The van der Waals surface area contributed by atoms with Gasteiger partial charge in [-0.3, -0.25) is 0 Å². The van der Waals surface area contributed by atoms with Gasteiger partial charge in [-0.1, -0.05) is 91.6 Å². The topological polar surface area (TPSA) is 3.24 Å². The Balaban J connectivity index is 1.95. The molecule has 0 aliphatic heterocycles. The van der Waals surface area contributed by atoms with Crippen LogP contribution in [0, 0.1) is 6.92 Å². The molecule has 0 heterocycles. The Hall–Kier alpha value is -2.80. The lowest BCUT2D eigenvalue weighted by molar-refractivity contribution is 0.403. The van der Waals surface area contributed by atoms with E-state index in [1.54, 1.807) is 0 Å². The van der Waals surface area contributed by atoms with Crippen LogP contribution in [0.5, 0.6) is 0 Å². The molecule has 26 heavy (non-hydrogen) atoms. The smallest absolute Gasteiger partial charge is 0.0423 e. The number of aryl methyl sites for hydroxylation is 1. The summed E-state index contributed by atoms with van der Waals surface area (Å²) < 4.78 is 0. The van der Waals surface area contributed by atoms with Crippen molar-refractivity contribution in [2.75, 3.05) is 7.05 Å². The average molecular weight is 344 g/mol. The molecule has 0 saturated heterocycles. The van der Waals surface area contributed by atoms with Gasteiger partial charge in [0.25, 0.3) is 0 Å². The molecule has 2 rings (SSSR count). The highest BCUT2D eigenvalue weighted by Crippen LogP contribution is 2.18. The number of allylic oxidation sites excluding steroid dienone is 6. The monoisotopic (exact) mass is 343 g/mol. The van der Waals surface area contributed by atoms with E-state index >= 15 is 0 Å². The minimum absolute atomic E-state index is 0.851. The second kappa shape index (κ2) is 9.62. The van der Waals surface area contributed by atoms with E-state index in [2.05, 4.69) is 80.6 Å². The molecule has 0 aromatic heterocycles. The van der Waals surface area contributed by atoms with Gasteiger partial charge in [-0.05, 0) is 36.1 Å². The van der Waals surface area contributed by atoms with Crippen molar-refractivity contribution < 1.29 is 0 Å². The molecular formula is C25H29N. The molecular weight excluding hydrogens is 314 g/mol. The lowest BCUT2D eigenvalue weighted by Gasteiger charge is -2.22. The average Bonchev–Trinajstić information content (AvgIpc) is 2.62. The predicted octanol–water partition coefficient (Wildman–Crippen LogP) is 6.33. The molecule has 2 aromatic rings. The molecule has 0 N–H and O–H groups in total. The standard InChI is InChI=1S/C25H29N/c1-6-7-8-11-21(3)25-15-13-23(14-16-25)18-22(4)26(5)19-24-12-9-10-20(2)17-24/h6-17H,3-4,18-19H2,1-2,5H3/b7-6-,11-8-. The SMILES string of the molecule is C=C(/C=C\C=C/C)c1ccc(CC(=C)N(C)Cc2cccc(C)c2)cc1. The first-order valence-electron chi connectivity index (χ1n) is 9.01. The first kappa shape index (κ1) is 19.5. The highest BCUT2D eigenvalue weighted by Gasteiger charge is 2.05. The Morgan fingerprint density at radius 3 is 2.38 bits per heavy atom. The van der Waals surface area contributed by atoms with Crippen LogP contribution in [-0.4, -0.2) is 11.9 Å². The predicted molar refractivity (Wildman–Crippen MR) is 115 cm³/mol. The molecule has 0 amide bonds. The van der Waals surface area contributed by atoms with E-state index in [9.17, 15) is 0 Å². The van der Waals surface area contributed by atoms with Crippen LogP contribution >= 0.6 is 0 Å². The van der Waals surface area contributed by atoms with Crippen molar-refractivity contribution in [3.63, 3.8) is 0 Å². The van der Waals surface area contributed by atoms with Gasteiger partial charge in [0, 0.05) is 25.7 Å². The van der Waals surface area contributed by atoms with Crippen molar-refractivity contribution in [1.82, 2.24) is 4.90 Å². The number of hydrogen-bond donors (Lipinski definition) is 0. The van der Waals surface area contributed by atoms with Gasteiger partial charge in [0.1, 0.15) is 0 Å².